The van der Waals surface area contributed by atoms with Crippen molar-refractivity contribution in [3.8, 4) is 11.4 Å². The zero-order valence-electron chi connectivity index (χ0n) is 10.4. The maximum atomic E-state index is 11.7. The van der Waals surface area contributed by atoms with Crippen LogP contribution in [0.2, 0.25) is 0 Å². The van der Waals surface area contributed by atoms with E-state index in [-0.39, 0.29) is 11.7 Å². The Bertz CT molecular complexity index is 792. The summed E-state index contributed by atoms with van der Waals surface area (Å²) in [6, 6.07) is 7.67. The third-order valence-corrected chi connectivity index (χ3v) is 4.44. The van der Waals surface area contributed by atoms with Gasteiger partial charge in [0.25, 0.3) is 0 Å². The van der Waals surface area contributed by atoms with Crippen molar-refractivity contribution in [3.63, 3.8) is 0 Å². The van der Waals surface area contributed by atoms with Gasteiger partial charge in [-0.15, -0.1) is 0 Å². The van der Waals surface area contributed by atoms with Gasteiger partial charge in [-0.1, -0.05) is 23.4 Å². The van der Waals surface area contributed by atoms with E-state index in [4.69, 9.17) is 8.94 Å². The van der Waals surface area contributed by atoms with Crippen LogP contribution in [0.5, 0.6) is 0 Å². The molecule has 20 heavy (non-hydrogen) atoms. The molecule has 0 N–H and O–H groups in total. The smallest absolute Gasteiger partial charge is 0.238 e. The molecule has 1 aliphatic rings. The number of thioether (sulfide) groups is 1. The van der Waals surface area contributed by atoms with Gasteiger partial charge in [-0.05, 0) is 6.07 Å². The molecule has 2 aromatic heterocycles. The Morgan fingerprint density at radius 2 is 2.20 bits per heavy atom. The minimum Gasteiger partial charge on any atom is -0.464 e. The Morgan fingerprint density at radius 3 is 3.05 bits per heavy atom. The van der Waals surface area contributed by atoms with Crippen LogP contribution in [0.4, 0.5) is 0 Å². The Hall–Kier alpha value is -2.08. The lowest BCUT2D eigenvalue weighted by molar-refractivity contribution is -0.117. The van der Waals surface area contributed by atoms with Gasteiger partial charge in [0.2, 0.25) is 11.7 Å². The van der Waals surface area contributed by atoms with E-state index in [1.807, 2.05) is 24.3 Å². The zero-order chi connectivity index (χ0) is 13.5. The number of nitrogens with zero attached hydrogens (tertiary/aromatic N) is 2. The second-order valence-electron chi connectivity index (χ2n) is 4.64. The second-order valence-corrected chi connectivity index (χ2v) is 5.67. The molecule has 0 spiro atoms. The Morgan fingerprint density at radius 1 is 1.30 bits per heavy atom. The van der Waals surface area contributed by atoms with E-state index in [2.05, 4.69) is 10.1 Å². The van der Waals surface area contributed by atoms with Gasteiger partial charge in [0.05, 0.1) is 11.3 Å². The molecule has 0 radical (unpaired) electrons. The van der Waals surface area contributed by atoms with Crippen LogP contribution < -0.4 is 0 Å². The van der Waals surface area contributed by atoms with Crippen LogP contribution in [-0.4, -0.2) is 27.4 Å². The summed E-state index contributed by atoms with van der Waals surface area (Å²) in [5.41, 5.74) is 1.56. The molecule has 1 fully saturated rings. The van der Waals surface area contributed by atoms with Gasteiger partial charge in [0, 0.05) is 11.1 Å². The minimum absolute atomic E-state index is 0.155. The van der Waals surface area contributed by atoms with Crippen LogP contribution in [0.25, 0.3) is 22.4 Å². The number of ketones is 1. The first-order valence-corrected chi connectivity index (χ1v) is 7.39. The first-order valence-electron chi connectivity index (χ1n) is 6.23. The van der Waals surface area contributed by atoms with Crippen LogP contribution in [0.15, 0.2) is 39.5 Å². The molecule has 6 heteroatoms. The summed E-state index contributed by atoms with van der Waals surface area (Å²) in [4.78, 5) is 16.1. The maximum absolute atomic E-state index is 11.7. The molecular formula is C14H10N2O3S. The van der Waals surface area contributed by atoms with E-state index in [0.717, 1.165) is 16.5 Å². The Labute approximate surface area is 118 Å². The molecule has 4 rings (SSSR count). The molecule has 0 aliphatic carbocycles. The molecule has 0 saturated carbocycles. The molecule has 1 saturated heterocycles. The molecule has 0 amide bonds. The molecule has 0 bridgehead atoms. The maximum Gasteiger partial charge on any atom is 0.238 e. The van der Waals surface area contributed by atoms with E-state index >= 15 is 0 Å². The summed E-state index contributed by atoms with van der Waals surface area (Å²) in [7, 11) is 0. The van der Waals surface area contributed by atoms with E-state index in [9.17, 15) is 4.79 Å². The fourth-order valence-electron chi connectivity index (χ4n) is 2.32. The van der Waals surface area contributed by atoms with Crippen LogP contribution in [0.3, 0.4) is 0 Å². The van der Waals surface area contributed by atoms with Gasteiger partial charge in [0.1, 0.15) is 17.8 Å². The second kappa shape index (κ2) is 4.49. The zero-order valence-corrected chi connectivity index (χ0v) is 11.2. The van der Waals surface area contributed by atoms with Crippen molar-refractivity contribution in [1.29, 1.82) is 0 Å². The number of rotatable bonds is 2. The van der Waals surface area contributed by atoms with Gasteiger partial charge in [-0.25, -0.2) is 0 Å². The lowest BCUT2D eigenvalue weighted by Gasteiger charge is -1.97. The molecule has 3 heterocycles. The topological polar surface area (TPSA) is 69.1 Å². The number of para-hydroxylation sites is 1. The summed E-state index contributed by atoms with van der Waals surface area (Å²) in [6.07, 6.45) is 1.62. The third kappa shape index (κ3) is 1.76. The van der Waals surface area contributed by atoms with Crippen molar-refractivity contribution < 1.29 is 13.7 Å². The Balaban J connectivity index is 1.76. The number of carbonyl (C=O) groups is 1. The van der Waals surface area contributed by atoms with Gasteiger partial charge < -0.3 is 8.94 Å². The summed E-state index contributed by atoms with van der Waals surface area (Å²) < 4.78 is 10.7. The predicted octanol–water partition coefficient (Wildman–Crippen LogP) is 2.88. The van der Waals surface area contributed by atoms with E-state index in [1.165, 1.54) is 0 Å². The van der Waals surface area contributed by atoms with Crippen molar-refractivity contribution in [2.45, 2.75) is 5.92 Å². The standard InChI is InChI=1S/C14H10N2O3S/c17-11-7-20-6-10(11)14-15-13(16-19-14)9-5-18-12-4-2-1-3-8(9)12/h1-5,10H,6-7H2. The lowest BCUT2D eigenvalue weighted by Crippen LogP contribution is -2.09. The predicted molar refractivity (Wildman–Crippen MR) is 74.6 cm³/mol. The van der Waals surface area contributed by atoms with Crippen LogP contribution in [0.1, 0.15) is 11.8 Å². The highest BCUT2D eigenvalue weighted by atomic mass is 32.2. The average Bonchev–Trinajstić information content (AvgIpc) is 3.15. The van der Waals surface area contributed by atoms with Crippen molar-refractivity contribution in [2.75, 3.05) is 11.5 Å². The number of Topliss-reactive ketones (excluding diaryl/α,β-unsaturated/α-hetero) is 1. The molecule has 100 valence electrons. The van der Waals surface area contributed by atoms with Crippen molar-refractivity contribution in [2.24, 2.45) is 0 Å². The van der Waals surface area contributed by atoms with E-state index in [1.54, 1.807) is 18.0 Å². The fourth-order valence-corrected chi connectivity index (χ4v) is 3.40. The number of fused-ring (bicyclic) bond motifs is 1. The molecular weight excluding hydrogens is 276 g/mol. The normalized spacial score (nSPS) is 19.0. The summed E-state index contributed by atoms with van der Waals surface area (Å²) in [5.74, 6) is 2.00. The summed E-state index contributed by atoms with van der Waals surface area (Å²) in [5, 5.41) is 4.92. The summed E-state index contributed by atoms with van der Waals surface area (Å²) in [6.45, 7) is 0. The number of furan rings is 1. The Kier molecular flexibility index (Phi) is 2.63. The van der Waals surface area contributed by atoms with Crippen molar-refractivity contribution in [3.05, 3.63) is 36.4 Å². The highest BCUT2D eigenvalue weighted by Gasteiger charge is 2.32. The third-order valence-electron chi connectivity index (χ3n) is 3.38. The number of hydrogen-bond acceptors (Lipinski definition) is 6. The number of benzene rings is 1. The van der Waals surface area contributed by atoms with Crippen LogP contribution in [0, 0.1) is 0 Å². The highest BCUT2D eigenvalue weighted by Crippen LogP contribution is 2.32. The molecule has 1 aliphatic heterocycles. The van der Waals surface area contributed by atoms with E-state index < -0.39 is 0 Å². The SMILES string of the molecule is O=C1CSCC1c1nc(-c2coc3ccccc23)no1. The first kappa shape index (κ1) is 11.7. The molecule has 3 aromatic rings. The van der Waals surface area contributed by atoms with E-state index in [0.29, 0.717) is 23.2 Å². The number of aromatic nitrogens is 2. The number of carbonyl (C=O) groups excluding carboxylic acids is 1. The lowest BCUT2D eigenvalue weighted by atomic mass is 10.1. The van der Waals surface area contributed by atoms with Crippen LogP contribution >= 0.6 is 11.8 Å². The van der Waals surface area contributed by atoms with Crippen molar-refractivity contribution >= 4 is 28.5 Å². The van der Waals surface area contributed by atoms with Crippen LogP contribution in [-0.2, 0) is 4.79 Å². The monoisotopic (exact) mass is 286 g/mol. The van der Waals surface area contributed by atoms with Gasteiger partial charge in [-0.2, -0.15) is 16.7 Å². The number of hydrogen-bond donors (Lipinski definition) is 0. The molecule has 1 aromatic carbocycles. The summed E-state index contributed by atoms with van der Waals surface area (Å²) >= 11 is 1.60. The molecule has 5 nitrogen and oxygen atoms in total. The largest absolute Gasteiger partial charge is 0.464 e. The first-order chi connectivity index (χ1) is 9.83. The highest BCUT2D eigenvalue weighted by molar-refractivity contribution is 8.00. The fraction of sp³-hybridized carbons (Fsp3) is 0.214. The minimum atomic E-state index is -0.264. The quantitative estimate of drug-likeness (QED) is 0.721. The van der Waals surface area contributed by atoms with Gasteiger partial charge in [-0.3, -0.25) is 4.79 Å². The average molecular weight is 286 g/mol. The van der Waals surface area contributed by atoms with Gasteiger partial charge >= 0.3 is 0 Å². The molecule has 1 unspecified atom stereocenters. The van der Waals surface area contributed by atoms with Crippen molar-refractivity contribution in [1.82, 2.24) is 10.1 Å². The molecule has 1 atom stereocenters. The van der Waals surface area contributed by atoms with Gasteiger partial charge in [0.15, 0.2) is 5.78 Å².